The number of phenols is 3. The van der Waals surface area contributed by atoms with Crippen molar-refractivity contribution >= 4 is 29.7 Å². The van der Waals surface area contributed by atoms with Gasteiger partial charge in [0.1, 0.15) is 35.4 Å². The van der Waals surface area contributed by atoms with Gasteiger partial charge in [-0.1, -0.05) is 36.4 Å². The Morgan fingerprint density at radius 1 is 0.585 bits per heavy atom. The number of amides is 3. The van der Waals surface area contributed by atoms with Gasteiger partial charge in [-0.3, -0.25) is 14.4 Å². The molecule has 0 aliphatic rings. The average molecular weight is 750 g/mol. The number of hydrogen-bond donors (Lipinski definition) is 10. The molecule has 15 nitrogen and oxygen atoms in total. The summed E-state index contributed by atoms with van der Waals surface area (Å²) in [6.45, 7) is 0.367. The van der Waals surface area contributed by atoms with Gasteiger partial charge in [-0.2, -0.15) is 13.2 Å². The summed E-state index contributed by atoms with van der Waals surface area (Å²) in [5, 5.41) is 53.5. The van der Waals surface area contributed by atoms with E-state index in [0.717, 1.165) is 0 Å². The van der Waals surface area contributed by atoms with Gasteiger partial charge in [0.2, 0.25) is 17.7 Å². The Morgan fingerprint density at radius 3 is 1.34 bits per heavy atom. The van der Waals surface area contributed by atoms with E-state index in [1.165, 1.54) is 48.5 Å². The van der Waals surface area contributed by atoms with Crippen LogP contribution in [0.15, 0.2) is 72.8 Å². The van der Waals surface area contributed by atoms with Gasteiger partial charge in [0, 0.05) is 12.8 Å². The minimum Gasteiger partial charge on any atom is -0.508 e. The van der Waals surface area contributed by atoms with Crippen molar-refractivity contribution in [2.45, 2.75) is 68.9 Å². The number of hydrogen-bond acceptors (Lipinski definition) is 10. The van der Waals surface area contributed by atoms with E-state index < -0.39 is 60.0 Å². The van der Waals surface area contributed by atoms with Crippen molar-refractivity contribution < 1.29 is 62.7 Å². The van der Waals surface area contributed by atoms with E-state index in [0.29, 0.717) is 36.1 Å². The lowest BCUT2D eigenvalue weighted by molar-refractivity contribution is -0.192. The minimum absolute atomic E-state index is 0.0000472. The predicted octanol–water partition coefficient (Wildman–Crippen LogP) is 1.46. The number of benzene rings is 3. The molecule has 0 aliphatic carbocycles. The Balaban J connectivity index is 0.00000126. The molecule has 0 aliphatic heterocycles. The molecule has 18 heteroatoms. The average Bonchev–Trinajstić information content (AvgIpc) is 3.09. The number of carboxylic acids is 2. The van der Waals surface area contributed by atoms with Crippen molar-refractivity contribution in [1.29, 1.82) is 0 Å². The smallest absolute Gasteiger partial charge is 0.490 e. The summed E-state index contributed by atoms with van der Waals surface area (Å²) in [5.74, 6) is -6.03. The van der Waals surface area contributed by atoms with Gasteiger partial charge in [-0.15, -0.1) is 0 Å². The fourth-order valence-electron chi connectivity index (χ4n) is 4.71. The lowest BCUT2D eigenvalue weighted by atomic mass is 10.0. The molecule has 0 saturated heterocycles. The normalized spacial score (nSPS) is 13.2. The van der Waals surface area contributed by atoms with Crippen molar-refractivity contribution in [2.24, 2.45) is 11.5 Å². The molecule has 3 amide bonds. The molecule has 0 spiro atoms. The third kappa shape index (κ3) is 15.9. The highest BCUT2D eigenvalue weighted by atomic mass is 19.4. The van der Waals surface area contributed by atoms with Crippen molar-refractivity contribution in [2.75, 3.05) is 6.54 Å². The Hall–Kier alpha value is -5.88. The molecule has 0 radical (unpaired) electrons. The maximum atomic E-state index is 13.6. The first-order valence-corrected chi connectivity index (χ1v) is 16.1. The minimum atomic E-state index is -5.08. The molecule has 0 unspecified atom stereocenters. The van der Waals surface area contributed by atoms with Crippen molar-refractivity contribution in [3.63, 3.8) is 0 Å². The van der Waals surface area contributed by atoms with Gasteiger partial charge in [0.15, 0.2) is 0 Å². The Morgan fingerprint density at radius 2 is 0.943 bits per heavy atom. The number of aliphatic carboxylic acids is 2. The molecule has 0 aromatic heterocycles. The first-order chi connectivity index (χ1) is 24.9. The monoisotopic (exact) mass is 749 g/mol. The van der Waals surface area contributed by atoms with Crippen LogP contribution in [0.2, 0.25) is 0 Å². The van der Waals surface area contributed by atoms with E-state index in [9.17, 15) is 52.8 Å². The lowest BCUT2D eigenvalue weighted by Gasteiger charge is -2.25. The highest BCUT2D eigenvalue weighted by molar-refractivity contribution is 5.94. The molecule has 0 bridgehead atoms. The number of nitrogens with one attached hydrogen (secondary N) is 3. The van der Waals surface area contributed by atoms with Crippen LogP contribution < -0.4 is 27.4 Å². The molecule has 3 rings (SSSR count). The number of aromatic hydroxyl groups is 3. The summed E-state index contributed by atoms with van der Waals surface area (Å²) in [6, 6.07) is 13.4. The molecular formula is C35H42F3N5O10. The van der Waals surface area contributed by atoms with E-state index in [1.807, 2.05) is 0 Å². The summed E-state index contributed by atoms with van der Waals surface area (Å²) < 4.78 is 31.7. The van der Waals surface area contributed by atoms with Gasteiger partial charge in [0.05, 0.1) is 6.04 Å². The number of unbranched alkanes of at least 4 members (excludes halogenated alkanes) is 1. The van der Waals surface area contributed by atoms with E-state index >= 15 is 0 Å². The molecule has 0 fully saturated rings. The molecule has 4 atom stereocenters. The van der Waals surface area contributed by atoms with Crippen molar-refractivity contribution in [1.82, 2.24) is 16.0 Å². The first-order valence-electron chi connectivity index (χ1n) is 16.1. The Bertz CT molecular complexity index is 1660. The number of carbonyl (C=O) groups excluding carboxylic acids is 3. The highest BCUT2D eigenvalue weighted by Gasteiger charge is 2.38. The lowest BCUT2D eigenvalue weighted by Crippen LogP contribution is -2.58. The molecule has 53 heavy (non-hydrogen) atoms. The topological polar surface area (TPSA) is 275 Å². The summed E-state index contributed by atoms with van der Waals surface area (Å²) in [6.07, 6.45) is -3.80. The molecule has 12 N–H and O–H groups in total. The number of nitrogens with two attached hydrogens (primary N) is 2. The van der Waals surface area contributed by atoms with Gasteiger partial charge in [-0.05, 0) is 85.3 Å². The van der Waals surface area contributed by atoms with Crippen LogP contribution in [-0.4, -0.2) is 92.1 Å². The van der Waals surface area contributed by atoms with Gasteiger partial charge < -0.3 is 53.0 Å². The van der Waals surface area contributed by atoms with Crippen molar-refractivity contribution in [3.8, 4) is 17.2 Å². The molecule has 3 aromatic carbocycles. The molecule has 0 saturated carbocycles. The molecule has 3 aromatic rings. The second-order valence-corrected chi connectivity index (χ2v) is 11.8. The molecule has 0 heterocycles. The van der Waals surface area contributed by atoms with E-state index in [4.69, 9.17) is 21.4 Å². The second-order valence-electron chi connectivity index (χ2n) is 11.8. The number of halogens is 3. The predicted molar refractivity (Wildman–Crippen MR) is 183 cm³/mol. The first kappa shape index (κ1) is 43.3. The largest absolute Gasteiger partial charge is 0.508 e. The Kier molecular flexibility index (Phi) is 17.0. The SMILES string of the molecule is NCCCC[C@H](NC(=O)[C@@H](N)Cc1ccc(O)cc1)C(=O)N[C@@H](Cc1ccc(O)cc1)C(=O)N[C@@H](Cc1ccc(O)cc1)C(=O)O.O=C(O)C(F)(F)F. The van der Waals surface area contributed by atoms with E-state index in [-0.39, 0.29) is 42.9 Å². The maximum Gasteiger partial charge on any atom is 0.490 e. The number of alkyl halides is 3. The molecular weight excluding hydrogens is 707 g/mol. The third-order valence-corrected chi connectivity index (χ3v) is 7.55. The van der Waals surface area contributed by atoms with Crippen LogP contribution in [0.25, 0.3) is 0 Å². The second kappa shape index (κ2) is 20.8. The zero-order valence-electron chi connectivity index (χ0n) is 28.3. The van der Waals surface area contributed by atoms with Gasteiger partial charge >= 0.3 is 18.1 Å². The highest BCUT2D eigenvalue weighted by Crippen LogP contribution is 2.16. The maximum absolute atomic E-state index is 13.6. The van der Waals surface area contributed by atoms with Crippen LogP contribution in [0, 0.1) is 0 Å². The standard InChI is InChI=1S/C33H41N5O8.C2HF3O2/c34-16-2-1-3-27(36-30(42)26(35)17-20-4-10-23(39)11-5-20)31(43)37-28(18-21-6-12-24(40)13-7-21)32(44)38-29(33(45)46)19-22-8-14-25(41)15-9-22;3-2(4,5)1(6)7/h4-15,26-29,39-41H,1-3,16-19,34-35H2,(H,36,42)(H,37,43)(H,38,44)(H,45,46);(H,6,7)/t26-,27-,28-,29-;/m0./s1. The number of carboxylic acid groups (broad SMARTS) is 2. The van der Waals surface area contributed by atoms with Crippen LogP contribution in [0.1, 0.15) is 36.0 Å². The summed E-state index contributed by atoms with van der Waals surface area (Å²) in [5.41, 5.74) is 13.6. The zero-order chi connectivity index (χ0) is 39.7. The zero-order valence-corrected chi connectivity index (χ0v) is 28.3. The number of rotatable bonds is 17. The fraction of sp³-hybridized carbons (Fsp3) is 0.343. The number of carbonyl (C=O) groups is 5. The summed E-state index contributed by atoms with van der Waals surface area (Å²) in [4.78, 5) is 61.2. The summed E-state index contributed by atoms with van der Waals surface area (Å²) in [7, 11) is 0. The van der Waals surface area contributed by atoms with Gasteiger partial charge in [-0.25, -0.2) is 9.59 Å². The summed E-state index contributed by atoms with van der Waals surface area (Å²) >= 11 is 0. The fourth-order valence-corrected chi connectivity index (χ4v) is 4.71. The Labute approximate surface area is 301 Å². The van der Waals surface area contributed by atoms with E-state index in [2.05, 4.69) is 16.0 Å². The molecule has 288 valence electrons. The van der Waals surface area contributed by atoms with E-state index in [1.54, 1.807) is 24.3 Å². The third-order valence-electron chi connectivity index (χ3n) is 7.55. The van der Waals surface area contributed by atoms with Crippen LogP contribution in [0.4, 0.5) is 13.2 Å². The van der Waals surface area contributed by atoms with Crippen LogP contribution in [-0.2, 0) is 43.2 Å². The number of phenolic OH excluding ortho intramolecular Hbond substituents is 3. The van der Waals surface area contributed by atoms with Crippen LogP contribution in [0.5, 0.6) is 17.2 Å². The van der Waals surface area contributed by atoms with Gasteiger partial charge in [0.25, 0.3) is 0 Å². The van der Waals surface area contributed by atoms with Crippen LogP contribution in [0.3, 0.4) is 0 Å². The quantitative estimate of drug-likeness (QED) is 0.0879. The van der Waals surface area contributed by atoms with Crippen LogP contribution >= 0.6 is 0 Å². The van der Waals surface area contributed by atoms with Crippen molar-refractivity contribution in [3.05, 3.63) is 89.5 Å².